The molecule has 0 spiro atoms. The molecule has 0 saturated carbocycles. The van der Waals surface area contributed by atoms with Gasteiger partial charge in [0.2, 0.25) is 0 Å². The fourth-order valence-electron chi connectivity index (χ4n) is 3.96. The van der Waals surface area contributed by atoms with Crippen LogP contribution in [0.15, 0.2) is 78.2 Å². The molecule has 5 rings (SSSR count). The van der Waals surface area contributed by atoms with Crippen LogP contribution in [0, 0.1) is 5.82 Å². The highest BCUT2D eigenvalue weighted by atomic mass is 35.5. The number of carbonyl (C=O) groups is 3. The highest BCUT2D eigenvalue weighted by Crippen LogP contribution is 2.34. The van der Waals surface area contributed by atoms with E-state index in [0.29, 0.717) is 11.1 Å². The lowest BCUT2D eigenvalue weighted by atomic mass is 9.83. The lowest BCUT2D eigenvalue weighted by Crippen LogP contribution is -2.30. The van der Waals surface area contributed by atoms with Crippen molar-refractivity contribution in [2.75, 3.05) is 0 Å². The summed E-state index contributed by atoms with van der Waals surface area (Å²) in [6.45, 7) is 0. The molecule has 1 amide bonds. The summed E-state index contributed by atoms with van der Waals surface area (Å²) in [5.41, 5.74) is 1.56. The number of benzene rings is 3. The van der Waals surface area contributed by atoms with E-state index < -0.39 is 17.7 Å². The molecule has 33 heavy (non-hydrogen) atoms. The predicted octanol–water partition coefficient (Wildman–Crippen LogP) is 5.84. The minimum atomic E-state index is -0.539. The molecule has 4 aromatic rings. The molecule has 0 saturated heterocycles. The summed E-state index contributed by atoms with van der Waals surface area (Å²) < 4.78 is 13.4. The quantitative estimate of drug-likeness (QED) is 0.355. The zero-order valence-corrected chi connectivity index (χ0v) is 18.5. The molecule has 1 aliphatic carbocycles. The number of nitrogens with one attached hydrogen (secondary N) is 1. The van der Waals surface area contributed by atoms with Crippen LogP contribution in [-0.2, 0) is 0 Å². The molecule has 7 heteroatoms. The van der Waals surface area contributed by atoms with Crippen LogP contribution < -0.4 is 5.32 Å². The van der Waals surface area contributed by atoms with Crippen LogP contribution >= 0.6 is 22.9 Å². The maximum atomic E-state index is 13.4. The number of halogens is 2. The molecule has 0 fully saturated rings. The van der Waals surface area contributed by atoms with E-state index in [-0.39, 0.29) is 38.9 Å². The number of hydrogen-bond acceptors (Lipinski definition) is 4. The second kappa shape index (κ2) is 8.39. The van der Waals surface area contributed by atoms with Gasteiger partial charge >= 0.3 is 0 Å². The largest absolute Gasteiger partial charge is 0.340 e. The van der Waals surface area contributed by atoms with Crippen molar-refractivity contribution < 1.29 is 18.8 Å². The first kappa shape index (κ1) is 21.2. The predicted molar refractivity (Wildman–Crippen MR) is 125 cm³/mol. The molecule has 0 bridgehead atoms. The van der Waals surface area contributed by atoms with Crippen molar-refractivity contribution in [1.82, 2.24) is 5.32 Å². The van der Waals surface area contributed by atoms with E-state index in [9.17, 15) is 18.8 Å². The Bertz CT molecular complexity index is 1410. The molecule has 1 aromatic heterocycles. The Balaban J connectivity index is 1.53. The molecule has 1 N–H and O–H groups in total. The van der Waals surface area contributed by atoms with Gasteiger partial charge in [0.25, 0.3) is 5.91 Å². The lowest BCUT2D eigenvalue weighted by Gasteiger charge is -2.21. The van der Waals surface area contributed by atoms with E-state index in [1.807, 2.05) is 17.5 Å². The average molecular weight is 476 g/mol. The van der Waals surface area contributed by atoms with Crippen LogP contribution in [0.4, 0.5) is 4.39 Å². The van der Waals surface area contributed by atoms with Gasteiger partial charge < -0.3 is 5.32 Å². The van der Waals surface area contributed by atoms with Gasteiger partial charge in [-0.1, -0.05) is 54.1 Å². The van der Waals surface area contributed by atoms with Crippen molar-refractivity contribution >= 4 is 40.4 Å². The fraction of sp³-hybridized carbons (Fsp3) is 0.0385. The molecule has 1 heterocycles. The number of carbonyl (C=O) groups excluding carboxylic acids is 3. The SMILES string of the molecule is O=C(NC(c1ccc(F)cc1)c1cccs1)c1ccc2c(c1Cl)C(=O)c1ccccc1C2=O. The normalized spacial score (nSPS) is 13.3. The van der Waals surface area contributed by atoms with E-state index in [0.717, 1.165) is 4.88 Å². The molecule has 1 atom stereocenters. The number of amides is 1. The summed E-state index contributed by atoms with van der Waals surface area (Å²) in [5.74, 6) is -1.59. The molecule has 4 nitrogen and oxygen atoms in total. The Labute approximate surface area is 197 Å². The fourth-order valence-corrected chi connectivity index (χ4v) is 5.10. The van der Waals surface area contributed by atoms with Gasteiger partial charge in [-0.05, 0) is 41.3 Å². The van der Waals surface area contributed by atoms with Crippen LogP contribution in [-0.4, -0.2) is 17.5 Å². The van der Waals surface area contributed by atoms with E-state index in [1.54, 1.807) is 36.4 Å². The Morgan fingerprint density at radius 2 is 1.55 bits per heavy atom. The molecular weight excluding hydrogens is 461 g/mol. The summed E-state index contributed by atoms with van der Waals surface area (Å²) in [7, 11) is 0. The maximum absolute atomic E-state index is 13.4. The molecule has 1 unspecified atom stereocenters. The first-order chi connectivity index (χ1) is 16.0. The van der Waals surface area contributed by atoms with Gasteiger partial charge in [-0.2, -0.15) is 0 Å². The van der Waals surface area contributed by atoms with Crippen molar-refractivity contribution in [3.05, 3.63) is 127 Å². The molecule has 162 valence electrons. The summed E-state index contributed by atoms with van der Waals surface area (Å²) in [6, 6.07) is 18.5. The Kier molecular flexibility index (Phi) is 5.40. The smallest absolute Gasteiger partial charge is 0.253 e. The summed E-state index contributed by atoms with van der Waals surface area (Å²) in [5, 5.41) is 4.75. The van der Waals surface area contributed by atoms with Gasteiger partial charge in [0.05, 0.1) is 22.2 Å². The zero-order chi connectivity index (χ0) is 23.1. The second-order valence-corrected chi connectivity index (χ2v) is 8.88. The highest BCUT2D eigenvalue weighted by Gasteiger charge is 2.33. The average Bonchev–Trinajstić information content (AvgIpc) is 3.36. The third-order valence-corrected chi connectivity index (χ3v) is 6.91. The Morgan fingerprint density at radius 1 is 0.848 bits per heavy atom. The summed E-state index contributed by atoms with van der Waals surface area (Å²) in [6.07, 6.45) is 0. The minimum absolute atomic E-state index is 0.0301. The van der Waals surface area contributed by atoms with Gasteiger partial charge in [-0.3, -0.25) is 14.4 Å². The molecule has 0 aliphatic heterocycles. The van der Waals surface area contributed by atoms with Gasteiger partial charge in [-0.15, -0.1) is 11.3 Å². The van der Waals surface area contributed by atoms with Gasteiger partial charge in [-0.25, -0.2) is 4.39 Å². The number of ketones is 2. The van der Waals surface area contributed by atoms with Crippen LogP contribution in [0.2, 0.25) is 5.02 Å². The van der Waals surface area contributed by atoms with Crippen molar-refractivity contribution in [2.45, 2.75) is 6.04 Å². The van der Waals surface area contributed by atoms with Crippen LogP contribution in [0.5, 0.6) is 0 Å². The van der Waals surface area contributed by atoms with Gasteiger partial charge in [0.15, 0.2) is 11.6 Å². The number of rotatable bonds is 4. The van der Waals surface area contributed by atoms with Crippen LogP contribution in [0.25, 0.3) is 0 Å². The Hall–Kier alpha value is -3.61. The number of thiophene rings is 1. The summed E-state index contributed by atoms with van der Waals surface area (Å²) >= 11 is 7.99. The maximum Gasteiger partial charge on any atom is 0.253 e. The number of hydrogen-bond donors (Lipinski definition) is 1. The Morgan fingerprint density at radius 3 is 2.21 bits per heavy atom. The minimum Gasteiger partial charge on any atom is -0.340 e. The second-order valence-electron chi connectivity index (χ2n) is 7.53. The van der Waals surface area contributed by atoms with Gasteiger partial charge in [0.1, 0.15) is 5.82 Å². The first-order valence-corrected chi connectivity index (χ1v) is 11.3. The van der Waals surface area contributed by atoms with Crippen molar-refractivity contribution in [2.24, 2.45) is 0 Å². The summed E-state index contributed by atoms with van der Waals surface area (Å²) in [4.78, 5) is 40.1. The molecule has 3 aromatic carbocycles. The van der Waals surface area contributed by atoms with E-state index in [4.69, 9.17) is 11.6 Å². The van der Waals surface area contributed by atoms with Crippen LogP contribution in [0.1, 0.15) is 58.7 Å². The molecule has 1 aliphatic rings. The number of fused-ring (bicyclic) bond motifs is 2. The zero-order valence-electron chi connectivity index (χ0n) is 17.0. The van der Waals surface area contributed by atoms with Crippen molar-refractivity contribution in [1.29, 1.82) is 0 Å². The standard InChI is InChI=1S/C26H15ClFNO3S/c27-22-19(12-11-18-21(22)25(31)17-5-2-1-4-16(17)24(18)30)26(32)29-23(20-6-3-13-33-20)14-7-9-15(28)10-8-14/h1-13,23H,(H,29,32). The van der Waals surface area contributed by atoms with E-state index in [2.05, 4.69) is 5.32 Å². The monoisotopic (exact) mass is 475 g/mol. The van der Waals surface area contributed by atoms with E-state index in [1.165, 1.54) is 35.6 Å². The molecular formula is C26H15ClFNO3S. The first-order valence-electron chi connectivity index (χ1n) is 10.1. The lowest BCUT2D eigenvalue weighted by molar-refractivity contribution is 0.0941. The van der Waals surface area contributed by atoms with Crippen LogP contribution in [0.3, 0.4) is 0 Å². The molecule has 0 radical (unpaired) electrons. The van der Waals surface area contributed by atoms with Gasteiger partial charge in [0, 0.05) is 21.6 Å². The third kappa shape index (κ3) is 3.67. The highest BCUT2D eigenvalue weighted by molar-refractivity contribution is 7.10. The van der Waals surface area contributed by atoms with Crippen molar-refractivity contribution in [3.8, 4) is 0 Å². The topological polar surface area (TPSA) is 63.2 Å². The third-order valence-electron chi connectivity index (χ3n) is 5.58. The van der Waals surface area contributed by atoms with E-state index >= 15 is 0 Å². The van der Waals surface area contributed by atoms with Crippen molar-refractivity contribution in [3.63, 3.8) is 0 Å².